The summed E-state index contributed by atoms with van der Waals surface area (Å²) in [6, 6.07) is 7.65. The first-order valence-corrected chi connectivity index (χ1v) is 7.71. The fourth-order valence-corrected chi connectivity index (χ4v) is 2.58. The van der Waals surface area contributed by atoms with E-state index in [2.05, 4.69) is 15.6 Å². The Morgan fingerprint density at radius 1 is 1.30 bits per heavy atom. The molecule has 2 aromatic rings. The first-order valence-electron chi connectivity index (χ1n) is 6.83. The quantitative estimate of drug-likeness (QED) is 0.710. The molecular weight excluding hydrogens is 338 g/mol. The highest BCUT2D eigenvalue weighted by Crippen LogP contribution is 2.31. The fraction of sp³-hybridized carbons (Fsp3) is 0.333. The van der Waals surface area contributed by atoms with Crippen LogP contribution in [0.5, 0.6) is 5.75 Å². The van der Waals surface area contributed by atoms with Gasteiger partial charge in [-0.25, -0.2) is 4.98 Å². The molecule has 0 unspecified atom stereocenters. The molecule has 0 bridgehead atoms. The van der Waals surface area contributed by atoms with Crippen LogP contribution in [0.4, 0.5) is 5.13 Å². The van der Waals surface area contributed by atoms with Crippen molar-refractivity contribution in [1.29, 1.82) is 0 Å². The molecule has 0 saturated heterocycles. The number of aromatic nitrogens is 1. The third-order valence-electron chi connectivity index (χ3n) is 2.90. The number of methoxy groups -OCH3 is 2. The van der Waals surface area contributed by atoms with Gasteiger partial charge in [0.2, 0.25) is 5.91 Å². The van der Waals surface area contributed by atoms with Crippen molar-refractivity contribution < 1.29 is 14.3 Å². The van der Waals surface area contributed by atoms with Crippen LogP contribution in [0.15, 0.2) is 29.6 Å². The summed E-state index contributed by atoms with van der Waals surface area (Å²) in [5, 5.41) is 8.22. The Bertz CT molecular complexity index is 622. The Kier molecular flexibility index (Phi) is 8.57. The van der Waals surface area contributed by atoms with E-state index in [1.165, 1.54) is 11.3 Å². The van der Waals surface area contributed by atoms with Crippen LogP contribution in [-0.2, 0) is 9.53 Å². The summed E-state index contributed by atoms with van der Waals surface area (Å²) < 4.78 is 10.2. The van der Waals surface area contributed by atoms with E-state index in [9.17, 15) is 4.79 Å². The van der Waals surface area contributed by atoms with Crippen molar-refractivity contribution >= 4 is 34.8 Å². The van der Waals surface area contributed by atoms with E-state index >= 15 is 0 Å². The van der Waals surface area contributed by atoms with Gasteiger partial charge in [-0.3, -0.25) is 4.79 Å². The zero-order valence-electron chi connectivity index (χ0n) is 13.0. The van der Waals surface area contributed by atoms with E-state index in [1.54, 1.807) is 14.2 Å². The second-order valence-electron chi connectivity index (χ2n) is 4.46. The summed E-state index contributed by atoms with van der Waals surface area (Å²) in [5.41, 5.74) is 1.69. The van der Waals surface area contributed by atoms with Crippen molar-refractivity contribution in [2.24, 2.45) is 0 Å². The monoisotopic (exact) mass is 357 g/mol. The zero-order chi connectivity index (χ0) is 15.8. The molecular formula is C15H20ClN3O3S. The van der Waals surface area contributed by atoms with Crippen molar-refractivity contribution in [2.75, 3.05) is 39.2 Å². The number of nitrogens with zero attached hydrogens (tertiary/aromatic N) is 1. The van der Waals surface area contributed by atoms with Gasteiger partial charge in [0.15, 0.2) is 5.13 Å². The van der Waals surface area contributed by atoms with Crippen LogP contribution in [0.2, 0.25) is 0 Å². The number of hydrogen-bond donors (Lipinski definition) is 2. The Balaban J connectivity index is 0.00000264. The lowest BCUT2D eigenvalue weighted by Gasteiger charge is -2.05. The van der Waals surface area contributed by atoms with Gasteiger partial charge in [0.05, 0.1) is 26.0 Å². The number of ether oxygens (including phenoxy) is 2. The summed E-state index contributed by atoms with van der Waals surface area (Å²) in [6.07, 6.45) is 0. The molecule has 0 aliphatic heterocycles. The van der Waals surface area contributed by atoms with Crippen LogP contribution in [0.1, 0.15) is 0 Å². The lowest BCUT2D eigenvalue weighted by Crippen LogP contribution is -2.30. The molecule has 0 radical (unpaired) electrons. The molecule has 0 fully saturated rings. The summed E-state index contributed by atoms with van der Waals surface area (Å²) in [6.45, 7) is 1.43. The van der Waals surface area contributed by atoms with Gasteiger partial charge in [-0.1, -0.05) is 12.1 Å². The van der Waals surface area contributed by atoms with Gasteiger partial charge < -0.3 is 20.1 Å². The van der Waals surface area contributed by atoms with E-state index in [1.807, 2.05) is 29.6 Å². The smallest absolute Gasteiger partial charge is 0.240 e. The fourth-order valence-electron chi connectivity index (χ4n) is 1.85. The van der Waals surface area contributed by atoms with Crippen molar-refractivity contribution in [1.82, 2.24) is 10.3 Å². The van der Waals surface area contributed by atoms with Gasteiger partial charge in [-0.2, -0.15) is 0 Å². The number of hydrogen-bond acceptors (Lipinski definition) is 6. The molecule has 23 heavy (non-hydrogen) atoms. The van der Waals surface area contributed by atoms with E-state index in [0.717, 1.165) is 17.0 Å². The van der Waals surface area contributed by atoms with Gasteiger partial charge in [-0.05, 0) is 12.1 Å². The van der Waals surface area contributed by atoms with Gasteiger partial charge in [0.1, 0.15) is 5.75 Å². The molecule has 1 amide bonds. The van der Waals surface area contributed by atoms with E-state index in [-0.39, 0.29) is 24.9 Å². The van der Waals surface area contributed by atoms with Gasteiger partial charge in [0.25, 0.3) is 0 Å². The maximum absolute atomic E-state index is 11.8. The number of benzene rings is 1. The highest BCUT2D eigenvalue weighted by atomic mass is 35.5. The number of thiazole rings is 1. The molecule has 126 valence electrons. The Labute approximate surface area is 145 Å². The second-order valence-corrected chi connectivity index (χ2v) is 5.31. The minimum atomic E-state index is -0.128. The largest absolute Gasteiger partial charge is 0.496 e. The summed E-state index contributed by atoms with van der Waals surface area (Å²) in [4.78, 5) is 16.2. The van der Waals surface area contributed by atoms with Crippen LogP contribution in [0.25, 0.3) is 11.3 Å². The molecule has 0 aliphatic carbocycles. The van der Waals surface area contributed by atoms with Crippen molar-refractivity contribution in [2.45, 2.75) is 0 Å². The molecule has 0 aliphatic rings. The number of anilines is 1. The van der Waals surface area contributed by atoms with Crippen LogP contribution < -0.4 is 15.4 Å². The first kappa shape index (κ1) is 19.4. The molecule has 0 saturated carbocycles. The maximum atomic E-state index is 11.8. The highest BCUT2D eigenvalue weighted by molar-refractivity contribution is 7.14. The standard InChI is InChI=1S/C15H19N3O3S.ClH/c1-20-8-7-16-9-14(19)18-15-17-12(10-22-15)11-5-3-4-6-13(11)21-2;/h3-6,10,16H,7-9H2,1-2H3,(H,17,18,19);1H. The minimum absolute atomic E-state index is 0. The van der Waals surface area contributed by atoms with Crippen molar-refractivity contribution in [3.05, 3.63) is 29.6 Å². The van der Waals surface area contributed by atoms with E-state index in [0.29, 0.717) is 18.3 Å². The predicted octanol–water partition coefficient (Wildman–Crippen LogP) is 2.42. The molecule has 2 N–H and O–H groups in total. The maximum Gasteiger partial charge on any atom is 0.240 e. The number of carbonyl (C=O) groups excluding carboxylic acids is 1. The molecule has 0 spiro atoms. The van der Waals surface area contributed by atoms with Gasteiger partial charge in [0, 0.05) is 24.6 Å². The SMILES string of the molecule is COCCNCC(=O)Nc1nc(-c2ccccc2OC)cs1.Cl. The first-order chi connectivity index (χ1) is 10.7. The van der Waals surface area contributed by atoms with Crippen LogP contribution in [0, 0.1) is 0 Å². The Morgan fingerprint density at radius 3 is 2.83 bits per heavy atom. The van der Waals surface area contributed by atoms with E-state index < -0.39 is 0 Å². The van der Waals surface area contributed by atoms with Crippen molar-refractivity contribution in [3.8, 4) is 17.0 Å². The predicted molar refractivity (Wildman–Crippen MR) is 94.7 cm³/mol. The molecule has 2 rings (SSSR count). The number of halogens is 1. The lowest BCUT2D eigenvalue weighted by molar-refractivity contribution is -0.115. The number of nitrogens with one attached hydrogen (secondary N) is 2. The lowest BCUT2D eigenvalue weighted by atomic mass is 10.1. The summed E-state index contributed by atoms with van der Waals surface area (Å²) >= 11 is 1.38. The molecule has 1 aromatic heterocycles. The third-order valence-corrected chi connectivity index (χ3v) is 3.66. The molecule has 8 heteroatoms. The summed E-state index contributed by atoms with van der Waals surface area (Å²) in [7, 11) is 3.25. The molecule has 6 nitrogen and oxygen atoms in total. The average Bonchev–Trinajstić information content (AvgIpc) is 2.99. The van der Waals surface area contributed by atoms with E-state index in [4.69, 9.17) is 9.47 Å². The summed E-state index contributed by atoms with van der Waals surface area (Å²) in [5.74, 6) is 0.629. The zero-order valence-corrected chi connectivity index (χ0v) is 14.6. The normalized spacial score (nSPS) is 10.0. The number of carbonyl (C=O) groups is 1. The second kappa shape index (κ2) is 10.2. The molecule has 0 atom stereocenters. The van der Waals surface area contributed by atoms with Gasteiger partial charge >= 0.3 is 0 Å². The average molecular weight is 358 g/mol. The Morgan fingerprint density at radius 2 is 2.09 bits per heavy atom. The molecule has 1 aromatic carbocycles. The van der Waals surface area contributed by atoms with Crippen LogP contribution >= 0.6 is 23.7 Å². The Hall–Kier alpha value is -1.67. The number of rotatable bonds is 8. The third kappa shape index (κ3) is 5.80. The van der Waals surface area contributed by atoms with Crippen LogP contribution in [0.3, 0.4) is 0 Å². The molecule has 1 heterocycles. The van der Waals surface area contributed by atoms with Gasteiger partial charge in [-0.15, -0.1) is 23.7 Å². The number of para-hydroxylation sites is 1. The highest BCUT2D eigenvalue weighted by Gasteiger charge is 2.11. The number of amides is 1. The minimum Gasteiger partial charge on any atom is -0.496 e. The topological polar surface area (TPSA) is 72.5 Å². The van der Waals surface area contributed by atoms with Crippen molar-refractivity contribution in [3.63, 3.8) is 0 Å². The van der Waals surface area contributed by atoms with Crippen LogP contribution in [-0.4, -0.2) is 44.8 Å².